The summed E-state index contributed by atoms with van der Waals surface area (Å²) < 4.78 is 1.22. The third-order valence-corrected chi connectivity index (χ3v) is 7.71. The molecule has 1 aromatic carbocycles. The summed E-state index contributed by atoms with van der Waals surface area (Å²) >= 11 is 3.52. The molecule has 0 spiro atoms. The van der Waals surface area contributed by atoms with Gasteiger partial charge in [0.1, 0.15) is 4.83 Å². The number of thiazole rings is 1. The van der Waals surface area contributed by atoms with Crippen LogP contribution in [0.1, 0.15) is 31.1 Å². The van der Waals surface area contributed by atoms with Gasteiger partial charge in [0.2, 0.25) is 0 Å². The fourth-order valence-corrected chi connectivity index (χ4v) is 6.09. The number of thiophene rings is 1. The van der Waals surface area contributed by atoms with Crippen molar-refractivity contribution < 1.29 is 0 Å². The first kappa shape index (κ1) is 17.1. The summed E-state index contributed by atoms with van der Waals surface area (Å²) in [6, 6.07) is 11.4. The number of nitrogens with zero attached hydrogens (tertiary/aromatic N) is 3. The minimum atomic E-state index is 0.603. The van der Waals surface area contributed by atoms with Gasteiger partial charge < -0.3 is 10.2 Å². The van der Waals surface area contributed by atoms with E-state index in [2.05, 4.69) is 64.4 Å². The smallest absolute Gasteiger partial charge is 0.125 e. The summed E-state index contributed by atoms with van der Waals surface area (Å²) in [5.74, 6) is 0.614. The van der Waals surface area contributed by atoms with Gasteiger partial charge in [-0.2, -0.15) is 0 Å². The standard InChI is InChI=1S/C21H22N4S2/c1-3-25-9-7-15(13(25)2)20-11-16-17(6-8-22-21(16)27-20)24-14-4-5-19-18(10-14)23-12-26-19/h4-6,8,10-13,15H,3,7,9H2,1-2H3,(H,22,24)/t13-,15+/m0/s1. The molecule has 27 heavy (non-hydrogen) atoms. The molecule has 0 radical (unpaired) electrons. The predicted octanol–water partition coefficient (Wildman–Crippen LogP) is 5.85. The molecule has 3 aromatic heterocycles. The molecule has 0 unspecified atom stereocenters. The zero-order valence-electron chi connectivity index (χ0n) is 15.5. The molecule has 0 bridgehead atoms. The third kappa shape index (κ3) is 3.02. The van der Waals surface area contributed by atoms with Gasteiger partial charge in [-0.1, -0.05) is 6.92 Å². The van der Waals surface area contributed by atoms with Gasteiger partial charge in [-0.25, -0.2) is 9.97 Å². The van der Waals surface area contributed by atoms with Crippen molar-refractivity contribution in [3.63, 3.8) is 0 Å². The van der Waals surface area contributed by atoms with E-state index in [4.69, 9.17) is 0 Å². The molecule has 1 aliphatic rings. The SMILES string of the molecule is CCN1CC[C@@H](c2cc3c(Nc4ccc5scnc5c4)ccnc3s2)[C@@H]1C. The van der Waals surface area contributed by atoms with Crippen LogP contribution in [0.25, 0.3) is 20.4 Å². The van der Waals surface area contributed by atoms with Crippen LogP contribution in [0.5, 0.6) is 0 Å². The zero-order chi connectivity index (χ0) is 18.4. The van der Waals surface area contributed by atoms with Crippen molar-refractivity contribution in [1.29, 1.82) is 0 Å². The number of benzene rings is 1. The van der Waals surface area contributed by atoms with Crippen LogP contribution in [0.2, 0.25) is 0 Å². The lowest BCUT2D eigenvalue weighted by Crippen LogP contribution is -2.28. The molecule has 4 aromatic rings. The number of pyridine rings is 1. The van der Waals surface area contributed by atoms with Gasteiger partial charge >= 0.3 is 0 Å². The van der Waals surface area contributed by atoms with E-state index in [1.54, 1.807) is 11.3 Å². The number of fused-ring (bicyclic) bond motifs is 2. The summed E-state index contributed by atoms with van der Waals surface area (Å²) in [7, 11) is 0. The molecule has 0 amide bonds. The Morgan fingerprint density at radius 2 is 2.15 bits per heavy atom. The molecule has 138 valence electrons. The average molecular weight is 395 g/mol. The summed E-state index contributed by atoms with van der Waals surface area (Å²) in [5.41, 5.74) is 5.13. The van der Waals surface area contributed by atoms with Crippen molar-refractivity contribution in [3.8, 4) is 0 Å². The highest BCUT2D eigenvalue weighted by atomic mass is 32.1. The van der Waals surface area contributed by atoms with E-state index in [0.29, 0.717) is 12.0 Å². The van der Waals surface area contributed by atoms with Crippen LogP contribution in [-0.4, -0.2) is 34.0 Å². The predicted molar refractivity (Wildman–Crippen MR) is 117 cm³/mol. The van der Waals surface area contributed by atoms with Crippen molar-refractivity contribution in [2.75, 3.05) is 18.4 Å². The highest BCUT2D eigenvalue weighted by Gasteiger charge is 2.32. The monoisotopic (exact) mass is 394 g/mol. The molecule has 6 heteroatoms. The van der Waals surface area contributed by atoms with Gasteiger partial charge in [0.25, 0.3) is 0 Å². The highest BCUT2D eigenvalue weighted by Crippen LogP contribution is 2.41. The second-order valence-corrected chi connectivity index (χ2v) is 9.10. The zero-order valence-corrected chi connectivity index (χ0v) is 17.1. The van der Waals surface area contributed by atoms with Crippen LogP contribution in [0.4, 0.5) is 11.4 Å². The minimum Gasteiger partial charge on any atom is -0.355 e. The lowest BCUT2D eigenvalue weighted by molar-refractivity contribution is 0.274. The van der Waals surface area contributed by atoms with Gasteiger partial charge in [0.15, 0.2) is 0 Å². The van der Waals surface area contributed by atoms with Crippen LogP contribution < -0.4 is 5.32 Å². The fourth-order valence-electron chi connectivity index (χ4n) is 4.17. The van der Waals surface area contributed by atoms with Gasteiger partial charge in [-0.05, 0) is 56.8 Å². The van der Waals surface area contributed by atoms with E-state index < -0.39 is 0 Å². The van der Waals surface area contributed by atoms with Crippen LogP contribution in [0, 0.1) is 0 Å². The topological polar surface area (TPSA) is 41.0 Å². The Morgan fingerprint density at radius 3 is 3.00 bits per heavy atom. The van der Waals surface area contributed by atoms with Gasteiger partial charge in [-0.3, -0.25) is 0 Å². The molecule has 1 fully saturated rings. The number of likely N-dealkylation sites (tertiary alicyclic amines) is 1. The van der Waals surface area contributed by atoms with Crippen molar-refractivity contribution in [2.24, 2.45) is 0 Å². The molecular formula is C21H22N4S2. The molecular weight excluding hydrogens is 372 g/mol. The molecule has 2 atom stereocenters. The second-order valence-electron chi connectivity index (χ2n) is 7.15. The van der Waals surface area contributed by atoms with Gasteiger partial charge in [0.05, 0.1) is 21.4 Å². The Bertz CT molecular complexity index is 1100. The lowest BCUT2D eigenvalue weighted by Gasteiger charge is -2.22. The Labute approximate surface area is 166 Å². The maximum atomic E-state index is 4.64. The summed E-state index contributed by atoms with van der Waals surface area (Å²) in [6.45, 7) is 6.95. The number of rotatable bonds is 4. The molecule has 4 nitrogen and oxygen atoms in total. The van der Waals surface area contributed by atoms with Crippen LogP contribution in [0.15, 0.2) is 42.0 Å². The Morgan fingerprint density at radius 1 is 1.22 bits per heavy atom. The normalized spacial score (nSPS) is 20.7. The molecule has 5 rings (SSSR count). The fraction of sp³-hybridized carbons (Fsp3) is 0.333. The first-order valence-electron chi connectivity index (χ1n) is 9.45. The van der Waals surface area contributed by atoms with E-state index in [1.165, 1.54) is 27.9 Å². The largest absolute Gasteiger partial charge is 0.355 e. The van der Waals surface area contributed by atoms with E-state index in [1.807, 2.05) is 23.0 Å². The Hall–Kier alpha value is -2.02. The van der Waals surface area contributed by atoms with Crippen LogP contribution in [0.3, 0.4) is 0 Å². The maximum absolute atomic E-state index is 4.64. The lowest BCUT2D eigenvalue weighted by atomic mass is 9.99. The molecule has 0 aliphatic carbocycles. The first-order valence-corrected chi connectivity index (χ1v) is 11.2. The Kier molecular flexibility index (Phi) is 4.34. The van der Waals surface area contributed by atoms with Gasteiger partial charge in [-0.15, -0.1) is 22.7 Å². The average Bonchev–Trinajstić information content (AvgIpc) is 3.39. The quantitative estimate of drug-likeness (QED) is 0.471. The molecule has 0 saturated carbocycles. The van der Waals surface area contributed by atoms with E-state index in [-0.39, 0.29) is 0 Å². The summed E-state index contributed by atoms with van der Waals surface area (Å²) in [5, 5.41) is 4.81. The summed E-state index contributed by atoms with van der Waals surface area (Å²) in [6.07, 6.45) is 3.15. The second kappa shape index (κ2) is 6.86. The van der Waals surface area contributed by atoms with E-state index in [9.17, 15) is 0 Å². The Balaban J connectivity index is 1.49. The highest BCUT2D eigenvalue weighted by molar-refractivity contribution is 7.18. The minimum absolute atomic E-state index is 0.603. The number of nitrogens with one attached hydrogen (secondary N) is 1. The molecule has 1 saturated heterocycles. The van der Waals surface area contributed by atoms with E-state index >= 15 is 0 Å². The number of hydrogen-bond donors (Lipinski definition) is 1. The molecule has 4 heterocycles. The van der Waals surface area contributed by atoms with Crippen molar-refractivity contribution in [3.05, 3.63) is 46.9 Å². The van der Waals surface area contributed by atoms with Crippen molar-refractivity contribution in [2.45, 2.75) is 32.2 Å². The van der Waals surface area contributed by atoms with Gasteiger partial charge in [0, 0.05) is 34.1 Å². The number of hydrogen-bond acceptors (Lipinski definition) is 6. The van der Waals surface area contributed by atoms with Crippen molar-refractivity contribution in [1.82, 2.24) is 14.9 Å². The number of anilines is 2. The van der Waals surface area contributed by atoms with Crippen molar-refractivity contribution >= 4 is 54.5 Å². The van der Waals surface area contributed by atoms with Crippen LogP contribution >= 0.6 is 22.7 Å². The summed E-state index contributed by atoms with van der Waals surface area (Å²) in [4.78, 5) is 14.2. The number of likely N-dealkylation sites (N-methyl/N-ethyl adjacent to an activating group) is 1. The van der Waals surface area contributed by atoms with E-state index in [0.717, 1.165) is 28.3 Å². The molecule has 1 N–H and O–H groups in total. The molecule has 1 aliphatic heterocycles. The number of aromatic nitrogens is 2. The maximum Gasteiger partial charge on any atom is 0.125 e. The third-order valence-electron chi connectivity index (χ3n) is 5.72. The van der Waals surface area contributed by atoms with Crippen LogP contribution in [-0.2, 0) is 0 Å². The first-order chi connectivity index (χ1) is 13.2.